The molecule has 0 radical (unpaired) electrons. The first-order chi connectivity index (χ1) is 15.9. The monoisotopic (exact) mass is 457 g/mol. The van der Waals surface area contributed by atoms with E-state index in [-0.39, 0.29) is 11.4 Å². The summed E-state index contributed by atoms with van der Waals surface area (Å²) in [6, 6.07) is 8.13. The molecule has 4 atom stereocenters. The van der Waals surface area contributed by atoms with Gasteiger partial charge in [-0.25, -0.2) is 0 Å². The third-order valence-electron chi connectivity index (χ3n) is 8.16. The predicted octanol–water partition coefficient (Wildman–Crippen LogP) is 2.31. The van der Waals surface area contributed by atoms with E-state index in [1.54, 1.807) is 11.0 Å². The number of primary amides is 1. The van der Waals surface area contributed by atoms with Gasteiger partial charge in [0.1, 0.15) is 0 Å². The predicted molar refractivity (Wildman–Crippen MR) is 127 cm³/mol. The van der Waals surface area contributed by atoms with Gasteiger partial charge in [-0.3, -0.25) is 9.59 Å². The second kappa shape index (κ2) is 10.5. The van der Waals surface area contributed by atoms with Crippen molar-refractivity contribution in [2.24, 2.45) is 11.7 Å². The van der Waals surface area contributed by atoms with Gasteiger partial charge in [0.2, 0.25) is 5.91 Å². The smallest absolute Gasteiger partial charge is 0.253 e. The standard InChI is InChI=1S/C26H39N3O4/c27-24(32)20-8-4-7-19(13-20)21-14-22-9-10-26(15-21,28-22)11-12-29(25(33)23(31)17-30)16-18-5-2-1-3-6-18/h4,7-8,13,18,21-23,28,30-31H,1-3,5-6,9-12,14-17H2,(H2,27,32)/t21?,22?,23-,26?/m0/s1. The summed E-state index contributed by atoms with van der Waals surface area (Å²) in [5, 5.41) is 23.3. The number of benzene rings is 1. The van der Waals surface area contributed by atoms with Crippen molar-refractivity contribution in [3.05, 3.63) is 35.4 Å². The van der Waals surface area contributed by atoms with Gasteiger partial charge in [-0.1, -0.05) is 31.4 Å². The molecule has 1 saturated carbocycles. The van der Waals surface area contributed by atoms with Crippen LogP contribution in [0.25, 0.3) is 0 Å². The number of amides is 2. The maximum absolute atomic E-state index is 12.9. The van der Waals surface area contributed by atoms with E-state index in [0.29, 0.717) is 36.5 Å². The normalized spacial score (nSPS) is 28.4. The van der Waals surface area contributed by atoms with E-state index in [1.165, 1.54) is 19.3 Å². The Morgan fingerprint density at radius 1 is 1.21 bits per heavy atom. The Labute approximate surface area is 196 Å². The number of nitrogens with two attached hydrogens (primary N) is 1. The molecule has 1 aliphatic carbocycles. The van der Waals surface area contributed by atoms with Gasteiger partial charge in [0.25, 0.3) is 5.91 Å². The molecule has 3 aliphatic rings. The second-order valence-corrected chi connectivity index (χ2v) is 10.5. The largest absolute Gasteiger partial charge is 0.393 e. The first-order valence-corrected chi connectivity index (χ1v) is 12.6. The summed E-state index contributed by atoms with van der Waals surface area (Å²) in [4.78, 5) is 26.3. The van der Waals surface area contributed by atoms with Crippen LogP contribution in [0, 0.1) is 5.92 Å². The fourth-order valence-electron chi connectivity index (χ4n) is 6.37. The molecule has 3 unspecified atom stereocenters. The number of carbonyl (C=O) groups excluding carboxylic acids is 2. The molecule has 0 aromatic heterocycles. The molecule has 182 valence electrons. The highest BCUT2D eigenvalue weighted by Crippen LogP contribution is 2.45. The SMILES string of the molecule is NC(=O)c1cccc(C2CC3CCC(CCN(CC4CCCCC4)C(=O)[C@@H](O)CO)(C2)N3)c1. The van der Waals surface area contributed by atoms with E-state index in [9.17, 15) is 19.8 Å². The van der Waals surface area contributed by atoms with Crippen LogP contribution in [0.3, 0.4) is 0 Å². The van der Waals surface area contributed by atoms with Gasteiger partial charge in [-0.05, 0) is 74.5 Å². The Kier molecular flexibility index (Phi) is 7.72. The number of nitrogens with zero attached hydrogens (tertiary/aromatic N) is 1. The fourth-order valence-corrected chi connectivity index (χ4v) is 6.37. The molecule has 2 amide bonds. The molecule has 5 N–H and O–H groups in total. The minimum Gasteiger partial charge on any atom is -0.393 e. The number of piperidine rings is 1. The minimum atomic E-state index is -1.34. The van der Waals surface area contributed by atoms with Crippen LogP contribution in [-0.4, -0.2) is 64.3 Å². The molecule has 2 aliphatic heterocycles. The van der Waals surface area contributed by atoms with Crippen LogP contribution in [0.5, 0.6) is 0 Å². The van der Waals surface area contributed by atoms with Crippen molar-refractivity contribution in [2.45, 2.75) is 87.8 Å². The fraction of sp³-hybridized carbons (Fsp3) is 0.692. The molecule has 4 rings (SSSR count). The zero-order valence-corrected chi connectivity index (χ0v) is 19.5. The Balaban J connectivity index is 1.45. The van der Waals surface area contributed by atoms with Gasteiger partial charge in [-0.2, -0.15) is 0 Å². The molecule has 1 aromatic rings. The maximum Gasteiger partial charge on any atom is 0.253 e. The number of fused-ring (bicyclic) bond motifs is 2. The van der Waals surface area contributed by atoms with Gasteiger partial charge < -0.3 is 26.2 Å². The summed E-state index contributed by atoms with van der Waals surface area (Å²) < 4.78 is 0. The molecular formula is C26H39N3O4. The summed E-state index contributed by atoms with van der Waals surface area (Å²) in [7, 11) is 0. The van der Waals surface area contributed by atoms with Crippen molar-refractivity contribution in [1.29, 1.82) is 0 Å². The summed E-state index contributed by atoms with van der Waals surface area (Å²) >= 11 is 0. The summed E-state index contributed by atoms with van der Waals surface area (Å²) in [6.45, 7) is 0.712. The van der Waals surface area contributed by atoms with Gasteiger partial charge in [-0.15, -0.1) is 0 Å². The number of nitrogens with one attached hydrogen (secondary N) is 1. The third kappa shape index (κ3) is 5.76. The lowest BCUT2D eigenvalue weighted by Gasteiger charge is -2.41. The Morgan fingerprint density at radius 3 is 2.73 bits per heavy atom. The first-order valence-electron chi connectivity index (χ1n) is 12.6. The number of aliphatic hydroxyl groups excluding tert-OH is 2. The molecular weight excluding hydrogens is 418 g/mol. The quantitative estimate of drug-likeness (QED) is 0.454. The van der Waals surface area contributed by atoms with Gasteiger partial charge in [0.05, 0.1) is 6.61 Å². The molecule has 0 spiro atoms. The minimum absolute atomic E-state index is 0.0500. The van der Waals surface area contributed by atoms with Crippen LogP contribution in [0.4, 0.5) is 0 Å². The molecule has 2 bridgehead atoms. The summed E-state index contributed by atoms with van der Waals surface area (Å²) in [6.07, 6.45) is 9.58. The number of aliphatic hydroxyl groups is 2. The highest BCUT2D eigenvalue weighted by atomic mass is 16.3. The van der Waals surface area contributed by atoms with Gasteiger partial charge in [0.15, 0.2) is 6.10 Å². The van der Waals surface area contributed by atoms with E-state index in [2.05, 4.69) is 11.4 Å². The molecule has 3 fully saturated rings. The topological polar surface area (TPSA) is 116 Å². The lowest BCUT2D eigenvalue weighted by atomic mass is 9.77. The van der Waals surface area contributed by atoms with E-state index in [0.717, 1.165) is 50.5 Å². The lowest BCUT2D eigenvalue weighted by molar-refractivity contribution is -0.143. The van der Waals surface area contributed by atoms with Crippen LogP contribution in [0.15, 0.2) is 24.3 Å². The Morgan fingerprint density at radius 2 is 2.00 bits per heavy atom. The van der Waals surface area contributed by atoms with Crippen molar-refractivity contribution in [1.82, 2.24) is 10.2 Å². The Bertz CT molecular complexity index is 841. The second-order valence-electron chi connectivity index (χ2n) is 10.5. The number of rotatable bonds is 9. The lowest BCUT2D eigenvalue weighted by Crippen LogP contribution is -2.52. The molecule has 7 heteroatoms. The number of carbonyl (C=O) groups is 2. The highest BCUT2D eigenvalue weighted by molar-refractivity contribution is 5.92. The van der Waals surface area contributed by atoms with Crippen LogP contribution in [0.2, 0.25) is 0 Å². The van der Waals surface area contributed by atoms with Crippen molar-refractivity contribution in [3.63, 3.8) is 0 Å². The van der Waals surface area contributed by atoms with Crippen LogP contribution in [0.1, 0.15) is 86.0 Å². The van der Waals surface area contributed by atoms with E-state index in [4.69, 9.17) is 5.73 Å². The summed E-state index contributed by atoms with van der Waals surface area (Å²) in [5.41, 5.74) is 7.16. The van der Waals surface area contributed by atoms with E-state index in [1.807, 2.05) is 12.1 Å². The first kappa shape index (κ1) is 24.2. The highest BCUT2D eigenvalue weighted by Gasteiger charge is 2.45. The maximum atomic E-state index is 12.9. The van der Waals surface area contributed by atoms with Crippen molar-refractivity contribution < 1.29 is 19.8 Å². The van der Waals surface area contributed by atoms with Crippen molar-refractivity contribution >= 4 is 11.8 Å². The van der Waals surface area contributed by atoms with E-state index < -0.39 is 18.6 Å². The van der Waals surface area contributed by atoms with E-state index >= 15 is 0 Å². The molecule has 2 heterocycles. The number of hydrogen-bond acceptors (Lipinski definition) is 5. The molecule has 2 saturated heterocycles. The van der Waals surface area contributed by atoms with Crippen LogP contribution in [-0.2, 0) is 4.79 Å². The van der Waals surface area contributed by atoms with Crippen LogP contribution >= 0.6 is 0 Å². The average molecular weight is 458 g/mol. The van der Waals surface area contributed by atoms with Gasteiger partial charge >= 0.3 is 0 Å². The average Bonchev–Trinajstić information content (AvgIpc) is 3.15. The third-order valence-corrected chi connectivity index (χ3v) is 8.16. The summed E-state index contributed by atoms with van der Waals surface area (Å²) in [5.74, 6) is 0.0768. The van der Waals surface area contributed by atoms with Crippen LogP contribution < -0.4 is 11.1 Å². The molecule has 7 nitrogen and oxygen atoms in total. The zero-order valence-electron chi connectivity index (χ0n) is 19.5. The molecule has 33 heavy (non-hydrogen) atoms. The van der Waals surface area contributed by atoms with Gasteiger partial charge in [0, 0.05) is 30.2 Å². The Hall–Kier alpha value is -1.96. The van der Waals surface area contributed by atoms with Crippen molar-refractivity contribution in [2.75, 3.05) is 19.7 Å². The molecule has 1 aromatic carbocycles. The number of hydrogen-bond donors (Lipinski definition) is 4. The zero-order chi connectivity index (χ0) is 23.4. The van der Waals surface area contributed by atoms with Crippen molar-refractivity contribution in [3.8, 4) is 0 Å².